The molecule has 0 aromatic rings. The molecule has 15 heavy (non-hydrogen) atoms. The van der Waals surface area contributed by atoms with Crippen LogP contribution in [0.15, 0.2) is 0 Å². The summed E-state index contributed by atoms with van der Waals surface area (Å²) < 4.78 is 0. The van der Waals surface area contributed by atoms with Crippen molar-refractivity contribution in [2.75, 3.05) is 26.7 Å². The maximum Gasteiger partial charge on any atom is 0.239 e. The fourth-order valence-corrected chi connectivity index (χ4v) is 2.90. The van der Waals surface area contributed by atoms with Gasteiger partial charge in [-0.1, -0.05) is 6.92 Å². The maximum atomic E-state index is 11.9. The van der Waals surface area contributed by atoms with Gasteiger partial charge in [0.15, 0.2) is 0 Å². The van der Waals surface area contributed by atoms with Crippen molar-refractivity contribution < 1.29 is 4.79 Å². The summed E-state index contributed by atoms with van der Waals surface area (Å²) in [5.74, 6) is 0.913. The average Bonchev–Trinajstić information content (AvgIpc) is 2.73. The Balaban J connectivity index is 2.08. The summed E-state index contributed by atoms with van der Waals surface area (Å²) in [5.41, 5.74) is 5.80. The topological polar surface area (TPSA) is 49.6 Å². The van der Waals surface area contributed by atoms with Crippen molar-refractivity contribution in [3.8, 4) is 0 Å². The van der Waals surface area contributed by atoms with Gasteiger partial charge in [-0.05, 0) is 25.3 Å². The van der Waals surface area contributed by atoms with Crippen LogP contribution >= 0.6 is 0 Å². The minimum atomic E-state index is 0.105. The van der Waals surface area contributed by atoms with E-state index in [4.69, 9.17) is 5.73 Å². The summed E-state index contributed by atoms with van der Waals surface area (Å²) in [7, 11) is 1.89. The fourth-order valence-electron chi connectivity index (χ4n) is 2.90. The molecule has 0 aromatic carbocycles. The van der Waals surface area contributed by atoms with Crippen molar-refractivity contribution >= 4 is 5.91 Å². The Morgan fingerprint density at radius 1 is 1.40 bits per heavy atom. The molecule has 4 nitrogen and oxygen atoms in total. The Labute approximate surface area is 91.4 Å². The van der Waals surface area contributed by atoms with Gasteiger partial charge in [-0.2, -0.15) is 0 Å². The van der Waals surface area contributed by atoms with E-state index in [1.54, 1.807) is 0 Å². The third kappa shape index (κ3) is 1.76. The molecule has 2 aliphatic rings. The van der Waals surface area contributed by atoms with Crippen molar-refractivity contribution in [1.29, 1.82) is 0 Å². The fraction of sp³-hybridized carbons (Fsp3) is 0.909. The molecule has 0 spiro atoms. The first-order chi connectivity index (χ1) is 7.15. The first-order valence-electron chi connectivity index (χ1n) is 5.86. The van der Waals surface area contributed by atoms with E-state index in [1.165, 1.54) is 6.42 Å². The molecule has 0 aromatic heterocycles. The van der Waals surface area contributed by atoms with Crippen molar-refractivity contribution in [2.45, 2.75) is 31.8 Å². The van der Waals surface area contributed by atoms with Crippen LogP contribution in [0.3, 0.4) is 0 Å². The highest BCUT2D eigenvalue weighted by atomic mass is 16.2. The number of amides is 1. The summed E-state index contributed by atoms with van der Waals surface area (Å²) in [5, 5.41) is 0. The number of rotatable bonds is 2. The lowest BCUT2D eigenvalue weighted by Crippen LogP contribution is -2.47. The Morgan fingerprint density at radius 2 is 2.13 bits per heavy atom. The number of likely N-dealkylation sites (tertiary alicyclic amines) is 2. The Morgan fingerprint density at radius 3 is 2.67 bits per heavy atom. The summed E-state index contributed by atoms with van der Waals surface area (Å²) in [4.78, 5) is 16.1. The van der Waals surface area contributed by atoms with Crippen LogP contribution in [0.2, 0.25) is 0 Å². The van der Waals surface area contributed by atoms with Gasteiger partial charge in [0.2, 0.25) is 5.91 Å². The molecule has 2 rings (SSSR count). The molecule has 3 unspecified atom stereocenters. The van der Waals surface area contributed by atoms with Crippen LogP contribution in [0.1, 0.15) is 19.8 Å². The third-order valence-corrected chi connectivity index (χ3v) is 3.97. The molecule has 3 atom stereocenters. The van der Waals surface area contributed by atoms with E-state index in [0.29, 0.717) is 18.5 Å². The second-order valence-electron chi connectivity index (χ2n) is 4.87. The van der Waals surface area contributed by atoms with Crippen LogP contribution in [0, 0.1) is 5.92 Å². The van der Waals surface area contributed by atoms with Gasteiger partial charge in [0.25, 0.3) is 0 Å². The van der Waals surface area contributed by atoms with Gasteiger partial charge < -0.3 is 10.6 Å². The molecule has 2 fully saturated rings. The van der Waals surface area contributed by atoms with Gasteiger partial charge in [-0.15, -0.1) is 0 Å². The van der Waals surface area contributed by atoms with Crippen LogP contribution in [-0.4, -0.2) is 54.5 Å². The molecule has 0 aliphatic carbocycles. The van der Waals surface area contributed by atoms with Gasteiger partial charge in [-0.3, -0.25) is 9.69 Å². The van der Waals surface area contributed by atoms with Crippen LogP contribution in [0.5, 0.6) is 0 Å². The molecule has 4 heteroatoms. The van der Waals surface area contributed by atoms with E-state index in [1.807, 2.05) is 11.9 Å². The standard InChI is InChI=1S/C11H21N3O/c1-8-3-6-14(10(8)7-12)9-4-5-13(2)11(9)15/h8-10H,3-7,12H2,1-2H3. The van der Waals surface area contributed by atoms with Crippen LogP contribution in [0.25, 0.3) is 0 Å². The van der Waals surface area contributed by atoms with Gasteiger partial charge in [0.1, 0.15) is 0 Å². The number of hydrogen-bond donors (Lipinski definition) is 1. The summed E-state index contributed by atoms with van der Waals surface area (Å²) in [6.07, 6.45) is 2.15. The number of nitrogens with zero attached hydrogens (tertiary/aromatic N) is 2. The molecule has 0 saturated carbocycles. The maximum absolute atomic E-state index is 11.9. The van der Waals surface area contributed by atoms with Crippen molar-refractivity contribution in [3.63, 3.8) is 0 Å². The van der Waals surface area contributed by atoms with E-state index in [9.17, 15) is 4.79 Å². The second kappa shape index (κ2) is 4.10. The SMILES string of the molecule is CC1CCN(C2CCN(C)C2=O)C1CN. The number of likely N-dealkylation sites (N-methyl/N-ethyl adjacent to an activating group) is 1. The smallest absolute Gasteiger partial charge is 0.239 e. The Bertz CT molecular complexity index is 256. The molecule has 2 saturated heterocycles. The van der Waals surface area contributed by atoms with Gasteiger partial charge >= 0.3 is 0 Å². The number of carbonyl (C=O) groups excluding carboxylic acids is 1. The molecule has 0 radical (unpaired) electrons. The van der Waals surface area contributed by atoms with E-state index < -0.39 is 0 Å². The summed E-state index contributed by atoms with van der Waals surface area (Å²) in [6.45, 7) is 4.84. The normalized spacial score (nSPS) is 37.9. The highest BCUT2D eigenvalue weighted by molar-refractivity contribution is 5.83. The number of hydrogen-bond acceptors (Lipinski definition) is 3. The second-order valence-corrected chi connectivity index (χ2v) is 4.87. The van der Waals surface area contributed by atoms with Crippen molar-refractivity contribution in [1.82, 2.24) is 9.80 Å². The van der Waals surface area contributed by atoms with E-state index in [-0.39, 0.29) is 11.9 Å². The van der Waals surface area contributed by atoms with Crippen molar-refractivity contribution in [3.05, 3.63) is 0 Å². The highest BCUT2D eigenvalue weighted by Crippen LogP contribution is 2.28. The number of carbonyl (C=O) groups is 1. The van der Waals surface area contributed by atoms with Crippen molar-refractivity contribution in [2.24, 2.45) is 11.7 Å². The number of nitrogens with two attached hydrogens (primary N) is 1. The molecule has 86 valence electrons. The summed E-state index contributed by atoms with van der Waals surface area (Å²) >= 11 is 0. The van der Waals surface area contributed by atoms with Gasteiger partial charge in [-0.25, -0.2) is 0 Å². The van der Waals surface area contributed by atoms with Crippen LogP contribution in [0.4, 0.5) is 0 Å². The van der Waals surface area contributed by atoms with Crippen LogP contribution in [-0.2, 0) is 4.79 Å². The first-order valence-corrected chi connectivity index (χ1v) is 5.86. The van der Waals surface area contributed by atoms with Gasteiger partial charge in [0, 0.05) is 26.2 Å². The van der Waals surface area contributed by atoms with Crippen LogP contribution < -0.4 is 5.73 Å². The predicted molar refractivity (Wildman–Crippen MR) is 59.4 cm³/mol. The lowest BCUT2D eigenvalue weighted by Gasteiger charge is -2.29. The minimum absolute atomic E-state index is 0.105. The van der Waals surface area contributed by atoms with E-state index >= 15 is 0 Å². The molecule has 0 bridgehead atoms. The minimum Gasteiger partial charge on any atom is -0.344 e. The zero-order valence-electron chi connectivity index (χ0n) is 9.65. The monoisotopic (exact) mass is 211 g/mol. The van der Waals surface area contributed by atoms with E-state index in [0.717, 1.165) is 19.5 Å². The quantitative estimate of drug-likeness (QED) is 0.693. The molecule has 2 N–H and O–H groups in total. The zero-order chi connectivity index (χ0) is 11.0. The Kier molecular flexibility index (Phi) is 2.98. The molecule has 2 aliphatic heterocycles. The lowest BCUT2D eigenvalue weighted by molar-refractivity contribution is -0.131. The first kappa shape index (κ1) is 10.9. The predicted octanol–water partition coefficient (Wildman–Crippen LogP) is -0.114. The molecular weight excluding hydrogens is 190 g/mol. The average molecular weight is 211 g/mol. The summed E-state index contributed by atoms with van der Waals surface area (Å²) in [6, 6.07) is 0.513. The molecule has 2 heterocycles. The molecule has 1 amide bonds. The largest absolute Gasteiger partial charge is 0.344 e. The lowest BCUT2D eigenvalue weighted by atomic mass is 10.0. The molecular formula is C11H21N3O. The Hall–Kier alpha value is -0.610. The van der Waals surface area contributed by atoms with E-state index in [2.05, 4.69) is 11.8 Å². The highest BCUT2D eigenvalue weighted by Gasteiger charge is 2.41. The van der Waals surface area contributed by atoms with Gasteiger partial charge in [0.05, 0.1) is 6.04 Å². The zero-order valence-corrected chi connectivity index (χ0v) is 9.65. The third-order valence-electron chi connectivity index (χ3n) is 3.97.